The Kier molecular flexibility index (Phi) is 2.66. The summed E-state index contributed by atoms with van der Waals surface area (Å²) in [6, 6.07) is 2.08. The number of carboxylic acids is 1. The van der Waals surface area contributed by atoms with Gasteiger partial charge in [0.05, 0.1) is 12.7 Å². The van der Waals surface area contributed by atoms with Gasteiger partial charge in [-0.3, -0.25) is 0 Å². The van der Waals surface area contributed by atoms with Gasteiger partial charge in [0.25, 0.3) is 0 Å². The average Bonchev–Trinajstić information content (AvgIpc) is 2.69. The van der Waals surface area contributed by atoms with Crippen molar-refractivity contribution < 1.29 is 14.6 Å². The first kappa shape index (κ1) is 9.01. The van der Waals surface area contributed by atoms with Crippen LogP contribution in [0.5, 0.6) is 0 Å². The summed E-state index contributed by atoms with van der Waals surface area (Å²) in [6.45, 7) is 0.153. The van der Waals surface area contributed by atoms with E-state index in [9.17, 15) is 4.79 Å². The van der Waals surface area contributed by atoms with Crippen molar-refractivity contribution in [1.29, 1.82) is 5.26 Å². The van der Waals surface area contributed by atoms with Gasteiger partial charge in [0, 0.05) is 11.8 Å². The van der Waals surface area contributed by atoms with Gasteiger partial charge in [-0.2, -0.15) is 5.26 Å². The maximum atomic E-state index is 10.1. The van der Waals surface area contributed by atoms with Gasteiger partial charge < -0.3 is 9.84 Å². The first-order valence-electron chi connectivity index (χ1n) is 3.85. The molecule has 0 spiro atoms. The number of rotatable bonds is 5. The van der Waals surface area contributed by atoms with E-state index in [1.54, 1.807) is 0 Å². The molecule has 1 aliphatic rings. The number of carbonyl (C=O) groups is 1. The van der Waals surface area contributed by atoms with E-state index in [1.165, 1.54) is 0 Å². The van der Waals surface area contributed by atoms with Crippen molar-refractivity contribution in [1.82, 2.24) is 0 Å². The molecule has 4 heteroatoms. The molecule has 66 valence electrons. The molecule has 1 fully saturated rings. The summed E-state index contributed by atoms with van der Waals surface area (Å²) in [5.41, 5.74) is -0.00972. The predicted molar refractivity (Wildman–Crippen MR) is 40.4 cm³/mol. The number of ether oxygens (including phenoxy) is 1. The van der Waals surface area contributed by atoms with Gasteiger partial charge in [0.2, 0.25) is 0 Å². The Morgan fingerprint density at radius 2 is 2.33 bits per heavy atom. The van der Waals surface area contributed by atoms with Crippen molar-refractivity contribution in [2.45, 2.75) is 19.3 Å². The molecule has 0 bridgehead atoms. The fourth-order valence-electron chi connectivity index (χ4n) is 1.07. The summed E-state index contributed by atoms with van der Waals surface area (Å²) in [5, 5.41) is 16.7. The van der Waals surface area contributed by atoms with Gasteiger partial charge >= 0.3 is 5.97 Å². The number of aliphatic carboxylic acids is 1. The number of hydrogen-bond acceptors (Lipinski definition) is 3. The van der Waals surface area contributed by atoms with Crippen molar-refractivity contribution in [3.63, 3.8) is 0 Å². The lowest BCUT2D eigenvalue weighted by Gasteiger charge is -2.09. The Morgan fingerprint density at radius 1 is 1.67 bits per heavy atom. The van der Waals surface area contributed by atoms with E-state index in [4.69, 9.17) is 15.1 Å². The van der Waals surface area contributed by atoms with Crippen LogP contribution in [0.15, 0.2) is 0 Å². The lowest BCUT2D eigenvalue weighted by Crippen LogP contribution is -2.14. The molecule has 0 aromatic heterocycles. The third-order valence-corrected chi connectivity index (χ3v) is 2.04. The van der Waals surface area contributed by atoms with E-state index in [-0.39, 0.29) is 12.0 Å². The molecule has 1 N–H and O–H groups in total. The van der Waals surface area contributed by atoms with Gasteiger partial charge in [-0.15, -0.1) is 0 Å². The fraction of sp³-hybridized carbons (Fsp3) is 0.750. The normalized spacial score (nSPS) is 18.2. The van der Waals surface area contributed by atoms with Gasteiger partial charge in [-0.05, 0) is 12.8 Å². The minimum absolute atomic E-state index is 0.00972. The molecule has 0 aromatic carbocycles. The van der Waals surface area contributed by atoms with E-state index in [0.717, 1.165) is 12.8 Å². The number of carboxylic acid groups (broad SMARTS) is 1. The van der Waals surface area contributed by atoms with Gasteiger partial charge in [-0.25, -0.2) is 4.79 Å². The van der Waals surface area contributed by atoms with Crippen LogP contribution in [0.3, 0.4) is 0 Å². The highest BCUT2D eigenvalue weighted by Crippen LogP contribution is 2.48. The summed E-state index contributed by atoms with van der Waals surface area (Å²) in [5.74, 6) is -0.956. The van der Waals surface area contributed by atoms with Crippen LogP contribution in [0.4, 0.5) is 0 Å². The van der Waals surface area contributed by atoms with Crippen LogP contribution in [0.25, 0.3) is 0 Å². The van der Waals surface area contributed by atoms with Crippen molar-refractivity contribution in [2.24, 2.45) is 5.41 Å². The molecule has 0 atom stereocenters. The van der Waals surface area contributed by atoms with Crippen molar-refractivity contribution in [3.05, 3.63) is 0 Å². The Morgan fingerprint density at radius 3 is 2.75 bits per heavy atom. The lowest BCUT2D eigenvalue weighted by molar-refractivity contribution is -0.142. The SMILES string of the molecule is N#CCC1(COCC(=O)O)CC1. The van der Waals surface area contributed by atoms with E-state index >= 15 is 0 Å². The van der Waals surface area contributed by atoms with E-state index in [1.807, 2.05) is 0 Å². The first-order valence-corrected chi connectivity index (χ1v) is 3.85. The predicted octanol–water partition coefficient (Wildman–Crippen LogP) is 0.781. The van der Waals surface area contributed by atoms with Crippen molar-refractivity contribution >= 4 is 5.97 Å². The molecule has 0 aliphatic heterocycles. The largest absolute Gasteiger partial charge is 0.480 e. The molecule has 0 radical (unpaired) electrons. The zero-order chi connectivity index (χ0) is 9.03. The average molecular weight is 169 g/mol. The van der Waals surface area contributed by atoms with E-state index in [0.29, 0.717) is 13.0 Å². The maximum Gasteiger partial charge on any atom is 0.329 e. The molecule has 0 saturated heterocycles. The highest BCUT2D eigenvalue weighted by atomic mass is 16.5. The molecule has 0 unspecified atom stereocenters. The third kappa shape index (κ3) is 2.51. The minimum atomic E-state index is -0.956. The van der Waals surface area contributed by atoms with Crippen LogP contribution in [0, 0.1) is 16.7 Å². The summed E-state index contributed by atoms with van der Waals surface area (Å²) in [4.78, 5) is 10.1. The smallest absolute Gasteiger partial charge is 0.329 e. The zero-order valence-electron chi connectivity index (χ0n) is 6.75. The minimum Gasteiger partial charge on any atom is -0.480 e. The molecular formula is C8H11NO3. The Hall–Kier alpha value is -1.08. The topological polar surface area (TPSA) is 70.3 Å². The summed E-state index contributed by atoms with van der Waals surface area (Å²) >= 11 is 0. The van der Waals surface area contributed by atoms with Crippen LogP contribution in [-0.2, 0) is 9.53 Å². The second-order valence-corrected chi connectivity index (χ2v) is 3.22. The summed E-state index contributed by atoms with van der Waals surface area (Å²) in [6.07, 6.45) is 2.45. The third-order valence-electron chi connectivity index (χ3n) is 2.04. The number of nitriles is 1. The quantitative estimate of drug-likeness (QED) is 0.660. The van der Waals surface area contributed by atoms with Crippen LogP contribution in [0.1, 0.15) is 19.3 Å². The molecule has 12 heavy (non-hydrogen) atoms. The Bertz CT molecular complexity index is 215. The Labute approximate surface area is 70.7 Å². The van der Waals surface area contributed by atoms with Crippen molar-refractivity contribution in [3.8, 4) is 6.07 Å². The second-order valence-electron chi connectivity index (χ2n) is 3.22. The molecule has 0 amide bonds. The summed E-state index contributed by atoms with van der Waals surface area (Å²) < 4.78 is 4.92. The highest BCUT2D eigenvalue weighted by Gasteiger charge is 2.42. The fourth-order valence-corrected chi connectivity index (χ4v) is 1.07. The van der Waals surface area contributed by atoms with Crippen LogP contribution in [-0.4, -0.2) is 24.3 Å². The highest BCUT2D eigenvalue weighted by molar-refractivity contribution is 5.67. The Balaban J connectivity index is 2.15. The molecule has 4 nitrogen and oxygen atoms in total. The van der Waals surface area contributed by atoms with E-state index < -0.39 is 5.97 Å². The van der Waals surface area contributed by atoms with Crippen LogP contribution < -0.4 is 0 Å². The first-order chi connectivity index (χ1) is 5.68. The van der Waals surface area contributed by atoms with Crippen LogP contribution >= 0.6 is 0 Å². The zero-order valence-corrected chi connectivity index (χ0v) is 6.75. The monoisotopic (exact) mass is 169 g/mol. The lowest BCUT2D eigenvalue weighted by atomic mass is 10.1. The number of hydrogen-bond donors (Lipinski definition) is 1. The molecular weight excluding hydrogens is 158 g/mol. The van der Waals surface area contributed by atoms with Crippen molar-refractivity contribution in [2.75, 3.05) is 13.2 Å². The maximum absolute atomic E-state index is 10.1. The van der Waals surface area contributed by atoms with Gasteiger partial charge in [-0.1, -0.05) is 0 Å². The molecule has 1 saturated carbocycles. The van der Waals surface area contributed by atoms with Gasteiger partial charge in [0.1, 0.15) is 6.61 Å². The molecule has 0 aromatic rings. The van der Waals surface area contributed by atoms with Gasteiger partial charge in [0.15, 0.2) is 0 Å². The summed E-state index contributed by atoms with van der Waals surface area (Å²) in [7, 11) is 0. The molecule has 0 heterocycles. The second kappa shape index (κ2) is 3.55. The van der Waals surface area contributed by atoms with E-state index in [2.05, 4.69) is 6.07 Å². The standard InChI is InChI=1S/C8H11NO3/c9-4-3-8(1-2-8)6-12-5-7(10)11/h1-3,5-6H2,(H,10,11). The van der Waals surface area contributed by atoms with Crippen LogP contribution in [0.2, 0.25) is 0 Å². The molecule has 1 aliphatic carbocycles. The number of nitrogens with zero attached hydrogens (tertiary/aromatic N) is 1. The molecule has 1 rings (SSSR count).